The third-order valence-electron chi connectivity index (χ3n) is 5.48. The number of benzene rings is 3. The van der Waals surface area contributed by atoms with Gasteiger partial charge in [0.15, 0.2) is 10.9 Å². The Morgan fingerprint density at radius 1 is 1.06 bits per heavy atom. The van der Waals surface area contributed by atoms with E-state index >= 15 is 0 Å². The van der Waals surface area contributed by atoms with Crippen molar-refractivity contribution >= 4 is 55.7 Å². The van der Waals surface area contributed by atoms with Gasteiger partial charge in [-0.05, 0) is 47.9 Å². The van der Waals surface area contributed by atoms with Crippen LogP contribution in [0, 0.1) is 5.92 Å². The zero-order chi connectivity index (χ0) is 24.1. The molecule has 0 fully saturated rings. The number of carboxylic acid groups (broad SMARTS) is 1. The number of Topliss-reactive ketones (excluding diaryl/α,β-unsaturated/α-hetero) is 1. The Kier molecular flexibility index (Phi) is 7.57. The van der Waals surface area contributed by atoms with Crippen LogP contribution in [-0.2, 0) is 9.53 Å². The van der Waals surface area contributed by atoms with Crippen molar-refractivity contribution in [1.82, 2.24) is 4.98 Å². The second-order valence-electron chi connectivity index (χ2n) is 7.85. The van der Waals surface area contributed by atoms with Crippen LogP contribution in [0.15, 0.2) is 66.7 Å². The second-order valence-corrected chi connectivity index (χ2v) is 9.32. The summed E-state index contributed by atoms with van der Waals surface area (Å²) in [6.07, 6.45) is 0.261. The van der Waals surface area contributed by atoms with E-state index in [1.807, 2.05) is 54.6 Å². The number of carboxylic acids is 1. The summed E-state index contributed by atoms with van der Waals surface area (Å²) in [7, 11) is 1.51. The van der Waals surface area contributed by atoms with Crippen molar-refractivity contribution in [2.75, 3.05) is 19.0 Å². The van der Waals surface area contributed by atoms with E-state index in [0.29, 0.717) is 23.6 Å². The number of nitrogens with one attached hydrogen (secondary N) is 1. The molecule has 0 aliphatic rings. The summed E-state index contributed by atoms with van der Waals surface area (Å²) in [6, 6.07) is 20.8. The Hall–Kier alpha value is -3.26. The normalized spacial score (nSPS) is 11.9. The van der Waals surface area contributed by atoms with Crippen LogP contribution in [0.3, 0.4) is 0 Å². The Morgan fingerprint density at radius 2 is 1.74 bits per heavy atom. The van der Waals surface area contributed by atoms with Gasteiger partial charge in [0.2, 0.25) is 0 Å². The van der Waals surface area contributed by atoms with Gasteiger partial charge in [0, 0.05) is 36.4 Å². The lowest BCUT2D eigenvalue weighted by Gasteiger charge is -2.11. The molecule has 3 aromatic carbocycles. The zero-order valence-electron chi connectivity index (χ0n) is 18.5. The number of methoxy groups -OCH3 is 1. The first-order valence-electron chi connectivity index (χ1n) is 10.7. The molecule has 4 rings (SSSR count). The Labute approximate surface area is 206 Å². The van der Waals surface area contributed by atoms with Crippen molar-refractivity contribution in [3.8, 4) is 11.1 Å². The number of ether oxygens (including phenoxy) is 1. The molecule has 0 amide bonds. The molecule has 0 aliphatic carbocycles. The quantitative estimate of drug-likeness (QED) is 0.239. The molecule has 0 bridgehead atoms. The molecule has 2 N–H and O–H groups in total. The highest BCUT2D eigenvalue weighted by Crippen LogP contribution is 2.31. The van der Waals surface area contributed by atoms with Gasteiger partial charge in [0.05, 0.1) is 16.1 Å². The van der Waals surface area contributed by atoms with E-state index in [1.165, 1.54) is 18.4 Å². The number of aliphatic carboxylic acids is 1. The van der Waals surface area contributed by atoms with E-state index in [-0.39, 0.29) is 12.2 Å². The van der Waals surface area contributed by atoms with Gasteiger partial charge >= 0.3 is 5.97 Å². The van der Waals surface area contributed by atoms with Gasteiger partial charge in [-0.1, -0.05) is 59.3 Å². The van der Waals surface area contributed by atoms with E-state index < -0.39 is 11.9 Å². The number of hydrogen-bond donors (Lipinski definition) is 2. The maximum absolute atomic E-state index is 12.5. The van der Waals surface area contributed by atoms with Gasteiger partial charge in [0.25, 0.3) is 0 Å². The average molecular weight is 495 g/mol. The van der Waals surface area contributed by atoms with Gasteiger partial charge in [-0.3, -0.25) is 9.59 Å². The first kappa shape index (κ1) is 23.9. The molecule has 1 atom stereocenters. The van der Waals surface area contributed by atoms with E-state index in [4.69, 9.17) is 16.3 Å². The standard InChI is InChI=1S/C26H23ClN2O4S/c1-33-13-12-19(25(31)32)14-23(30)18-4-2-16(3-5-18)17-6-9-21(10-7-17)28-26-29-22-11-8-20(27)15-24(22)34-26/h2-11,15,19H,12-14H2,1H3,(H,28,29)(H,31,32). The van der Waals surface area contributed by atoms with Gasteiger partial charge in [-0.2, -0.15) is 0 Å². The molecular weight excluding hydrogens is 472 g/mol. The Balaban J connectivity index is 1.41. The molecule has 8 heteroatoms. The fourth-order valence-corrected chi connectivity index (χ4v) is 4.75. The van der Waals surface area contributed by atoms with Crippen LogP contribution >= 0.6 is 22.9 Å². The maximum atomic E-state index is 12.5. The molecule has 1 heterocycles. The monoisotopic (exact) mass is 494 g/mol. The zero-order valence-corrected chi connectivity index (χ0v) is 20.0. The molecule has 0 saturated heterocycles. The lowest BCUT2D eigenvalue weighted by molar-refractivity contribution is -0.142. The van der Waals surface area contributed by atoms with Gasteiger partial charge in [-0.15, -0.1) is 0 Å². The second kappa shape index (κ2) is 10.8. The number of ketones is 1. The topological polar surface area (TPSA) is 88.5 Å². The summed E-state index contributed by atoms with van der Waals surface area (Å²) in [5, 5.41) is 14.1. The maximum Gasteiger partial charge on any atom is 0.307 e. The number of carbonyl (C=O) groups is 2. The summed E-state index contributed by atoms with van der Waals surface area (Å²) in [6.45, 7) is 0.307. The Bertz CT molecular complexity index is 1300. The highest BCUT2D eigenvalue weighted by Gasteiger charge is 2.21. The van der Waals surface area contributed by atoms with Gasteiger partial charge < -0.3 is 15.2 Å². The molecule has 0 radical (unpaired) electrons. The minimum Gasteiger partial charge on any atom is -0.481 e. The third-order valence-corrected chi connectivity index (χ3v) is 6.65. The van der Waals surface area contributed by atoms with Crippen LogP contribution in [0.25, 0.3) is 21.3 Å². The highest BCUT2D eigenvalue weighted by atomic mass is 35.5. The summed E-state index contributed by atoms with van der Waals surface area (Å²) in [4.78, 5) is 28.5. The minimum absolute atomic E-state index is 0.0453. The lowest BCUT2D eigenvalue weighted by Crippen LogP contribution is -2.19. The molecule has 34 heavy (non-hydrogen) atoms. The van der Waals surface area contributed by atoms with Crippen molar-refractivity contribution in [3.63, 3.8) is 0 Å². The molecule has 0 aliphatic heterocycles. The number of fused-ring (bicyclic) bond motifs is 1. The van der Waals surface area contributed by atoms with Gasteiger partial charge in [-0.25, -0.2) is 4.98 Å². The SMILES string of the molecule is COCCC(CC(=O)c1ccc(-c2ccc(Nc3nc4ccc(Cl)cc4s3)cc2)cc1)C(=O)O. The molecule has 1 aromatic heterocycles. The number of halogens is 1. The fraction of sp³-hybridized carbons (Fsp3) is 0.192. The van der Waals surface area contributed by atoms with Crippen LogP contribution < -0.4 is 5.32 Å². The average Bonchev–Trinajstić information content (AvgIpc) is 3.23. The number of thiazole rings is 1. The van der Waals surface area contributed by atoms with Crippen LogP contribution in [0.5, 0.6) is 0 Å². The number of carbonyl (C=O) groups excluding carboxylic acids is 1. The molecule has 174 valence electrons. The highest BCUT2D eigenvalue weighted by molar-refractivity contribution is 7.22. The van der Waals surface area contributed by atoms with Crippen LogP contribution in [0.1, 0.15) is 23.2 Å². The summed E-state index contributed by atoms with van der Waals surface area (Å²) in [5.74, 6) is -1.92. The van der Waals surface area contributed by atoms with Crippen molar-refractivity contribution in [1.29, 1.82) is 0 Å². The number of aromatic nitrogens is 1. The van der Waals surface area contributed by atoms with Crippen LogP contribution in [-0.4, -0.2) is 35.6 Å². The number of hydrogen-bond acceptors (Lipinski definition) is 6. The van der Waals surface area contributed by atoms with E-state index in [9.17, 15) is 14.7 Å². The van der Waals surface area contributed by atoms with Crippen molar-refractivity contribution in [2.45, 2.75) is 12.8 Å². The van der Waals surface area contributed by atoms with E-state index in [2.05, 4.69) is 10.3 Å². The van der Waals surface area contributed by atoms with Gasteiger partial charge in [0.1, 0.15) is 0 Å². The summed E-state index contributed by atoms with van der Waals surface area (Å²) in [5.41, 5.74) is 4.28. The predicted octanol–water partition coefficient (Wildman–Crippen LogP) is 6.67. The number of nitrogens with zero attached hydrogens (tertiary/aromatic N) is 1. The van der Waals surface area contributed by atoms with Crippen molar-refractivity contribution < 1.29 is 19.4 Å². The van der Waals surface area contributed by atoms with E-state index in [1.54, 1.807) is 12.1 Å². The molecule has 1 unspecified atom stereocenters. The molecule has 6 nitrogen and oxygen atoms in total. The van der Waals surface area contributed by atoms with Crippen LogP contribution in [0.2, 0.25) is 5.02 Å². The van der Waals surface area contributed by atoms with Crippen molar-refractivity contribution in [2.24, 2.45) is 5.92 Å². The van der Waals surface area contributed by atoms with Crippen LogP contribution in [0.4, 0.5) is 10.8 Å². The first-order chi connectivity index (χ1) is 16.4. The fourth-order valence-electron chi connectivity index (χ4n) is 3.58. The minimum atomic E-state index is -0.981. The number of anilines is 2. The third kappa shape index (κ3) is 5.80. The molecular formula is C26H23ClN2O4S. The first-order valence-corrected chi connectivity index (χ1v) is 11.9. The predicted molar refractivity (Wildman–Crippen MR) is 136 cm³/mol. The molecule has 0 spiro atoms. The Morgan fingerprint density at radius 3 is 2.38 bits per heavy atom. The molecule has 4 aromatic rings. The number of rotatable bonds is 10. The lowest BCUT2D eigenvalue weighted by atomic mass is 9.94. The summed E-state index contributed by atoms with van der Waals surface area (Å²) < 4.78 is 5.97. The van der Waals surface area contributed by atoms with E-state index in [0.717, 1.165) is 32.2 Å². The smallest absolute Gasteiger partial charge is 0.307 e. The van der Waals surface area contributed by atoms with Crippen molar-refractivity contribution in [3.05, 3.63) is 77.3 Å². The molecule has 0 saturated carbocycles. The largest absolute Gasteiger partial charge is 0.481 e. The summed E-state index contributed by atoms with van der Waals surface area (Å²) >= 11 is 7.59.